The van der Waals surface area contributed by atoms with Crippen LogP contribution in [0.15, 0.2) is 4.99 Å². The van der Waals surface area contributed by atoms with Crippen molar-refractivity contribution in [2.45, 2.75) is 26.3 Å². The van der Waals surface area contributed by atoms with Crippen molar-refractivity contribution in [2.24, 2.45) is 4.99 Å². The molecule has 0 aliphatic carbocycles. The molecular formula is C15H31N5. The standard InChI is InChI=1S/C15H31N5/c1-15(2,3)16-14(19-10-6-17(4)7-11-19)20-12-8-18(5)9-13-20/h6-13H2,1-5H3. The van der Waals surface area contributed by atoms with Crippen molar-refractivity contribution in [1.29, 1.82) is 0 Å². The predicted octanol–water partition coefficient (Wildman–Crippen LogP) is 0.636. The molecule has 0 aromatic heterocycles. The van der Waals surface area contributed by atoms with Gasteiger partial charge in [0.1, 0.15) is 0 Å². The maximum absolute atomic E-state index is 5.04. The minimum atomic E-state index is -0.0119. The fourth-order valence-corrected chi connectivity index (χ4v) is 2.65. The second-order valence-electron chi connectivity index (χ2n) is 7.16. The summed E-state index contributed by atoms with van der Waals surface area (Å²) in [5.74, 6) is 1.22. The minimum Gasteiger partial charge on any atom is -0.340 e. The molecule has 2 fully saturated rings. The summed E-state index contributed by atoms with van der Waals surface area (Å²) in [6, 6.07) is 0. The van der Waals surface area contributed by atoms with Crippen LogP contribution >= 0.6 is 0 Å². The van der Waals surface area contributed by atoms with Crippen molar-refractivity contribution in [3.8, 4) is 0 Å². The Morgan fingerprint density at radius 2 is 1.05 bits per heavy atom. The number of likely N-dealkylation sites (N-methyl/N-ethyl adjacent to an activating group) is 2. The lowest BCUT2D eigenvalue weighted by Gasteiger charge is -2.42. The molecule has 0 radical (unpaired) electrons. The fraction of sp³-hybridized carbons (Fsp3) is 0.933. The summed E-state index contributed by atoms with van der Waals surface area (Å²) in [4.78, 5) is 14.8. The van der Waals surface area contributed by atoms with Crippen molar-refractivity contribution in [2.75, 3.05) is 66.5 Å². The number of hydrogen-bond donors (Lipinski definition) is 0. The van der Waals surface area contributed by atoms with E-state index in [2.05, 4.69) is 54.5 Å². The van der Waals surface area contributed by atoms with Gasteiger partial charge in [0.2, 0.25) is 0 Å². The Morgan fingerprint density at radius 1 is 0.700 bits per heavy atom. The molecule has 0 saturated carbocycles. The molecule has 5 nitrogen and oxygen atoms in total. The first-order chi connectivity index (χ1) is 9.35. The van der Waals surface area contributed by atoms with Gasteiger partial charge < -0.3 is 19.6 Å². The Hall–Kier alpha value is -0.810. The van der Waals surface area contributed by atoms with Crippen LogP contribution in [-0.4, -0.2) is 97.6 Å². The molecule has 0 amide bonds. The zero-order valence-electron chi connectivity index (χ0n) is 13.9. The van der Waals surface area contributed by atoms with E-state index < -0.39 is 0 Å². The van der Waals surface area contributed by atoms with Gasteiger partial charge in [-0.15, -0.1) is 0 Å². The third kappa shape index (κ3) is 4.35. The molecule has 2 aliphatic rings. The zero-order chi connectivity index (χ0) is 14.8. The third-order valence-corrected chi connectivity index (χ3v) is 4.01. The van der Waals surface area contributed by atoms with Crippen molar-refractivity contribution < 1.29 is 0 Å². The molecule has 0 spiro atoms. The van der Waals surface area contributed by atoms with Crippen molar-refractivity contribution in [3.05, 3.63) is 0 Å². The van der Waals surface area contributed by atoms with Gasteiger partial charge in [-0.05, 0) is 34.9 Å². The van der Waals surface area contributed by atoms with E-state index in [1.54, 1.807) is 0 Å². The largest absolute Gasteiger partial charge is 0.340 e. The quantitative estimate of drug-likeness (QED) is 0.480. The van der Waals surface area contributed by atoms with E-state index in [9.17, 15) is 0 Å². The van der Waals surface area contributed by atoms with Gasteiger partial charge in [-0.1, -0.05) is 0 Å². The molecular weight excluding hydrogens is 250 g/mol. The minimum absolute atomic E-state index is 0.0119. The van der Waals surface area contributed by atoms with Crippen LogP contribution < -0.4 is 0 Å². The normalized spacial score (nSPS) is 23.1. The van der Waals surface area contributed by atoms with Crippen LogP contribution in [0.1, 0.15) is 20.8 Å². The van der Waals surface area contributed by atoms with E-state index in [-0.39, 0.29) is 5.54 Å². The molecule has 0 bridgehead atoms. The van der Waals surface area contributed by atoms with E-state index in [0.717, 1.165) is 52.4 Å². The first-order valence-electron chi connectivity index (χ1n) is 7.82. The van der Waals surface area contributed by atoms with Crippen LogP contribution in [0.25, 0.3) is 0 Å². The Bertz CT molecular complexity index is 307. The number of guanidine groups is 1. The molecule has 0 unspecified atom stereocenters. The molecule has 20 heavy (non-hydrogen) atoms. The summed E-state index contributed by atoms with van der Waals surface area (Å²) in [6.45, 7) is 15.5. The van der Waals surface area contributed by atoms with E-state index in [0.29, 0.717) is 0 Å². The molecule has 0 aromatic carbocycles. The van der Waals surface area contributed by atoms with Gasteiger partial charge in [-0.3, -0.25) is 0 Å². The number of hydrogen-bond acceptors (Lipinski definition) is 3. The van der Waals surface area contributed by atoms with Crippen molar-refractivity contribution >= 4 is 5.96 Å². The summed E-state index contributed by atoms with van der Waals surface area (Å²) in [7, 11) is 4.40. The average molecular weight is 281 g/mol. The molecule has 2 heterocycles. The maximum Gasteiger partial charge on any atom is 0.197 e. The van der Waals surface area contributed by atoms with Crippen LogP contribution in [0, 0.1) is 0 Å². The Morgan fingerprint density at radius 3 is 1.35 bits per heavy atom. The van der Waals surface area contributed by atoms with E-state index >= 15 is 0 Å². The molecule has 2 aliphatic heterocycles. The number of nitrogens with zero attached hydrogens (tertiary/aromatic N) is 5. The Balaban J connectivity index is 2.11. The Labute approximate surface area is 124 Å². The predicted molar refractivity (Wildman–Crippen MR) is 85.3 cm³/mol. The van der Waals surface area contributed by atoms with Crippen LogP contribution in [0.4, 0.5) is 0 Å². The first kappa shape index (κ1) is 15.6. The van der Waals surface area contributed by atoms with Gasteiger partial charge in [0.25, 0.3) is 0 Å². The molecule has 0 atom stereocenters. The van der Waals surface area contributed by atoms with Gasteiger partial charge in [0.15, 0.2) is 5.96 Å². The number of rotatable bonds is 0. The maximum atomic E-state index is 5.04. The summed E-state index contributed by atoms with van der Waals surface area (Å²) in [6.07, 6.45) is 0. The first-order valence-corrected chi connectivity index (χ1v) is 7.82. The lowest BCUT2D eigenvalue weighted by atomic mass is 10.1. The van der Waals surface area contributed by atoms with Crippen LogP contribution in [-0.2, 0) is 0 Å². The summed E-state index contributed by atoms with van der Waals surface area (Å²) in [5.41, 5.74) is -0.0119. The van der Waals surface area contributed by atoms with Gasteiger partial charge >= 0.3 is 0 Å². The van der Waals surface area contributed by atoms with Gasteiger partial charge in [-0.2, -0.15) is 0 Å². The SMILES string of the molecule is CN1CCN(C(=NC(C)(C)C)N2CCN(C)CC2)CC1. The fourth-order valence-electron chi connectivity index (χ4n) is 2.65. The van der Waals surface area contributed by atoms with Crippen molar-refractivity contribution in [1.82, 2.24) is 19.6 Å². The van der Waals surface area contributed by atoms with E-state index in [1.165, 1.54) is 5.96 Å². The second kappa shape index (κ2) is 6.31. The van der Waals surface area contributed by atoms with Crippen molar-refractivity contribution in [3.63, 3.8) is 0 Å². The average Bonchev–Trinajstić information content (AvgIpc) is 2.37. The van der Waals surface area contributed by atoms with Gasteiger partial charge in [0.05, 0.1) is 5.54 Å². The third-order valence-electron chi connectivity index (χ3n) is 4.01. The number of aliphatic imine (C=N–C) groups is 1. The topological polar surface area (TPSA) is 25.3 Å². The summed E-state index contributed by atoms with van der Waals surface area (Å²) in [5, 5.41) is 0. The van der Waals surface area contributed by atoms with E-state index in [1.807, 2.05) is 0 Å². The van der Waals surface area contributed by atoms with Gasteiger partial charge in [0, 0.05) is 52.4 Å². The van der Waals surface area contributed by atoms with Crippen LogP contribution in [0.3, 0.4) is 0 Å². The molecule has 5 heteroatoms. The lowest BCUT2D eigenvalue weighted by molar-refractivity contribution is 0.165. The van der Waals surface area contributed by atoms with Crippen LogP contribution in [0.5, 0.6) is 0 Å². The van der Waals surface area contributed by atoms with Crippen LogP contribution in [0.2, 0.25) is 0 Å². The highest BCUT2D eigenvalue weighted by Crippen LogP contribution is 2.14. The highest BCUT2D eigenvalue weighted by atomic mass is 15.4. The summed E-state index contributed by atoms with van der Waals surface area (Å²) < 4.78 is 0. The molecule has 2 saturated heterocycles. The van der Waals surface area contributed by atoms with Gasteiger partial charge in [-0.25, -0.2) is 4.99 Å². The zero-order valence-corrected chi connectivity index (χ0v) is 13.9. The molecule has 0 N–H and O–H groups in total. The monoisotopic (exact) mass is 281 g/mol. The molecule has 0 aromatic rings. The lowest BCUT2D eigenvalue weighted by Crippen LogP contribution is -2.57. The molecule has 2 rings (SSSR count). The molecule has 116 valence electrons. The highest BCUT2D eigenvalue weighted by Gasteiger charge is 2.26. The van der Waals surface area contributed by atoms with E-state index in [4.69, 9.17) is 4.99 Å². The highest BCUT2D eigenvalue weighted by molar-refractivity contribution is 5.81. The smallest absolute Gasteiger partial charge is 0.197 e. The Kier molecular flexibility index (Phi) is 4.91. The second-order valence-corrected chi connectivity index (χ2v) is 7.16. The summed E-state index contributed by atoms with van der Waals surface area (Å²) >= 11 is 0. The number of piperazine rings is 2.